The largest absolute Gasteiger partial charge is 0.314 e. The highest BCUT2D eigenvalue weighted by Crippen LogP contribution is 2.22. The minimum Gasteiger partial charge on any atom is -0.314 e. The second-order valence-corrected chi connectivity index (χ2v) is 4.39. The Morgan fingerprint density at radius 1 is 1.50 bits per heavy atom. The third-order valence-corrected chi connectivity index (χ3v) is 2.90. The van der Waals surface area contributed by atoms with Crippen molar-refractivity contribution in [1.29, 1.82) is 0 Å². The zero-order valence-corrected chi connectivity index (χ0v) is 10.6. The monoisotopic (exact) mass is 273 g/mol. The predicted octanol–water partition coefficient (Wildman–Crippen LogP) is 3.72. The Hall–Kier alpha value is -0.310. The summed E-state index contributed by atoms with van der Waals surface area (Å²) in [4.78, 5) is 0. The van der Waals surface area contributed by atoms with E-state index >= 15 is 0 Å². The number of hydrogen-bond acceptors (Lipinski definition) is 1. The maximum atomic E-state index is 5.84. The highest BCUT2D eigenvalue weighted by Gasteiger charge is 1.97. The SMILES string of the molecule is CNC(C)/C=C/c1ccc(Cl)cc1Br. The molecule has 0 heterocycles. The summed E-state index contributed by atoms with van der Waals surface area (Å²) < 4.78 is 1.02. The summed E-state index contributed by atoms with van der Waals surface area (Å²) in [7, 11) is 1.94. The summed E-state index contributed by atoms with van der Waals surface area (Å²) in [5, 5.41) is 3.88. The van der Waals surface area contributed by atoms with Crippen molar-refractivity contribution < 1.29 is 0 Å². The van der Waals surface area contributed by atoms with Gasteiger partial charge in [-0.1, -0.05) is 45.7 Å². The molecule has 0 spiro atoms. The van der Waals surface area contributed by atoms with Gasteiger partial charge in [0.05, 0.1) is 0 Å². The minimum atomic E-state index is 0.373. The van der Waals surface area contributed by atoms with Gasteiger partial charge in [-0.15, -0.1) is 0 Å². The van der Waals surface area contributed by atoms with Crippen LogP contribution in [-0.4, -0.2) is 13.1 Å². The first-order chi connectivity index (χ1) is 6.63. The third-order valence-electron chi connectivity index (χ3n) is 1.98. The molecular weight excluding hydrogens is 261 g/mol. The second kappa shape index (κ2) is 5.54. The molecule has 0 amide bonds. The third kappa shape index (κ3) is 3.45. The van der Waals surface area contributed by atoms with Gasteiger partial charge in [-0.05, 0) is 31.7 Å². The number of rotatable bonds is 3. The zero-order valence-electron chi connectivity index (χ0n) is 8.22. The molecule has 1 nitrogen and oxygen atoms in total. The van der Waals surface area contributed by atoms with Gasteiger partial charge in [-0.25, -0.2) is 0 Å². The van der Waals surface area contributed by atoms with Gasteiger partial charge in [0.1, 0.15) is 0 Å². The molecule has 14 heavy (non-hydrogen) atoms. The van der Waals surface area contributed by atoms with Crippen molar-refractivity contribution >= 4 is 33.6 Å². The lowest BCUT2D eigenvalue weighted by Gasteiger charge is -2.03. The highest BCUT2D eigenvalue weighted by molar-refractivity contribution is 9.10. The molecule has 76 valence electrons. The maximum absolute atomic E-state index is 5.84. The molecule has 0 radical (unpaired) electrons. The van der Waals surface area contributed by atoms with Crippen LogP contribution in [0.2, 0.25) is 5.02 Å². The summed E-state index contributed by atoms with van der Waals surface area (Å²) in [6.45, 7) is 2.10. The van der Waals surface area contributed by atoms with Crippen LogP contribution < -0.4 is 5.32 Å². The molecule has 1 atom stereocenters. The van der Waals surface area contributed by atoms with E-state index in [2.05, 4.69) is 40.3 Å². The van der Waals surface area contributed by atoms with Crippen molar-refractivity contribution in [2.45, 2.75) is 13.0 Å². The fourth-order valence-corrected chi connectivity index (χ4v) is 1.80. The number of nitrogens with one attached hydrogen (secondary N) is 1. The molecular formula is C11H13BrClN. The van der Waals surface area contributed by atoms with Crippen molar-refractivity contribution in [3.8, 4) is 0 Å². The Morgan fingerprint density at radius 2 is 2.21 bits per heavy atom. The molecule has 0 fully saturated rings. The number of likely N-dealkylation sites (N-methyl/N-ethyl adjacent to an activating group) is 1. The Balaban J connectivity index is 2.82. The molecule has 0 aromatic heterocycles. The van der Waals surface area contributed by atoms with Gasteiger partial charge in [-0.3, -0.25) is 0 Å². The van der Waals surface area contributed by atoms with Gasteiger partial charge >= 0.3 is 0 Å². The highest BCUT2D eigenvalue weighted by atomic mass is 79.9. The number of halogens is 2. The average Bonchev–Trinajstić information content (AvgIpc) is 2.16. The van der Waals surface area contributed by atoms with Gasteiger partial charge < -0.3 is 5.32 Å². The zero-order chi connectivity index (χ0) is 10.6. The summed E-state index contributed by atoms with van der Waals surface area (Å²) in [6.07, 6.45) is 4.18. The summed E-state index contributed by atoms with van der Waals surface area (Å²) >= 11 is 9.30. The van der Waals surface area contributed by atoms with Gasteiger partial charge in [0, 0.05) is 15.5 Å². The summed E-state index contributed by atoms with van der Waals surface area (Å²) in [5.74, 6) is 0. The summed E-state index contributed by atoms with van der Waals surface area (Å²) in [5.41, 5.74) is 1.14. The Labute approximate surface area is 98.3 Å². The first-order valence-electron chi connectivity index (χ1n) is 4.44. The van der Waals surface area contributed by atoms with Crippen LogP contribution in [0.4, 0.5) is 0 Å². The molecule has 1 aromatic rings. The van der Waals surface area contributed by atoms with Crippen molar-refractivity contribution in [2.75, 3.05) is 7.05 Å². The van der Waals surface area contributed by atoms with Crippen molar-refractivity contribution in [3.63, 3.8) is 0 Å². The van der Waals surface area contributed by atoms with Crippen LogP contribution in [0, 0.1) is 0 Å². The molecule has 0 bridgehead atoms. The molecule has 0 saturated heterocycles. The molecule has 1 N–H and O–H groups in total. The van der Waals surface area contributed by atoms with E-state index in [9.17, 15) is 0 Å². The van der Waals surface area contributed by atoms with Crippen LogP contribution >= 0.6 is 27.5 Å². The van der Waals surface area contributed by atoms with Crippen LogP contribution in [0.25, 0.3) is 6.08 Å². The normalized spacial score (nSPS) is 13.4. The minimum absolute atomic E-state index is 0.373. The average molecular weight is 275 g/mol. The second-order valence-electron chi connectivity index (χ2n) is 3.10. The van der Waals surface area contributed by atoms with Crippen LogP contribution in [0.1, 0.15) is 12.5 Å². The van der Waals surface area contributed by atoms with E-state index in [0.717, 1.165) is 15.1 Å². The summed E-state index contributed by atoms with van der Waals surface area (Å²) in [6, 6.07) is 6.14. The number of hydrogen-bond donors (Lipinski definition) is 1. The van der Waals surface area contributed by atoms with Crippen molar-refractivity contribution in [3.05, 3.63) is 39.3 Å². The first kappa shape index (κ1) is 11.8. The fraction of sp³-hybridized carbons (Fsp3) is 0.273. The molecule has 0 aliphatic heterocycles. The lowest BCUT2D eigenvalue weighted by atomic mass is 10.2. The lowest BCUT2D eigenvalue weighted by Crippen LogP contribution is -2.17. The Kier molecular flexibility index (Phi) is 4.66. The topological polar surface area (TPSA) is 12.0 Å². The van der Waals surface area contributed by atoms with Crippen molar-refractivity contribution in [1.82, 2.24) is 5.32 Å². The van der Waals surface area contributed by atoms with Crippen LogP contribution in [0.3, 0.4) is 0 Å². The Morgan fingerprint density at radius 3 is 2.79 bits per heavy atom. The predicted molar refractivity (Wildman–Crippen MR) is 66.7 cm³/mol. The van der Waals surface area contributed by atoms with E-state index in [0.29, 0.717) is 6.04 Å². The standard InChI is InChI=1S/C11H13BrClN/c1-8(14-2)3-4-9-5-6-10(13)7-11(9)12/h3-8,14H,1-2H3/b4-3+. The molecule has 1 rings (SSSR count). The molecule has 1 aromatic carbocycles. The van der Waals surface area contributed by atoms with E-state index in [1.54, 1.807) is 0 Å². The van der Waals surface area contributed by atoms with E-state index in [1.807, 2.05) is 25.2 Å². The smallest absolute Gasteiger partial charge is 0.0417 e. The van der Waals surface area contributed by atoms with Crippen LogP contribution in [-0.2, 0) is 0 Å². The molecule has 1 unspecified atom stereocenters. The van der Waals surface area contributed by atoms with Crippen LogP contribution in [0.15, 0.2) is 28.7 Å². The quantitative estimate of drug-likeness (QED) is 0.886. The number of benzene rings is 1. The lowest BCUT2D eigenvalue weighted by molar-refractivity contribution is 0.731. The van der Waals surface area contributed by atoms with Crippen molar-refractivity contribution in [2.24, 2.45) is 0 Å². The first-order valence-corrected chi connectivity index (χ1v) is 5.61. The van der Waals surface area contributed by atoms with E-state index < -0.39 is 0 Å². The fourth-order valence-electron chi connectivity index (χ4n) is 0.981. The molecule has 3 heteroatoms. The van der Waals surface area contributed by atoms with E-state index in [1.165, 1.54) is 0 Å². The van der Waals surface area contributed by atoms with Gasteiger partial charge in [0.2, 0.25) is 0 Å². The van der Waals surface area contributed by atoms with Gasteiger partial charge in [-0.2, -0.15) is 0 Å². The van der Waals surface area contributed by atoms with E-state index in [-0.39, 0.29) is 0 Å². The maximum Gasteiger partial charge on any atom is 0.0417 e. The van der Waals surface area contributed by atoms with E-state index in [4.69, 9.17) is 11.6 Å². The van der Waals surface area contributed by atoms with Gasteiger partial charge in [0.15, 0.2) is 0 Å². The Bertz CT molecular complexity index is 336. The molecule has 0 aliphatic carbocycles. The molecule has 0 aliphatic rings. The van der Waals surface area contributed by atoms with Crippen LogP contribution in [0.5, 0.6) is 0 Å². The molecule has 0 saturated carbocycles. The van der Waals surface area contributed by atoms with Gasteiger partial charge in [0.25, 0.3) is 0 Å².